The number of nitrogens with zero attached hydrogens (tertiary/aromatic N) is 1. The summed E-state index contributed by atoms with van der Waals surface area (Å²) in [5.74, 6) is 1.52. The van der Waals surface area contributed by atoms with Gasteiger partial charge in [-0.2, -0.15) is 0 Å². The summed E-state index contributed by atoms with van der Waals surface area (Å²) in [7, 11) is 0. The van der Waals surface area contributed by atoms with Crippen molar-refractivity contribution >= 4 is 11.6 Å². The van der Waals surface area contributed by atoms with Crippen LogP contribution in [0.1, 0.15) is 12.0 Å². The van der Waals surface area contributed by atoms with Crippen molar-refractivity contribution in [2.45, 2.75) is 19.4 Å². The Morgan fingerprint density at radius 2 is 1.94 bits per heavy atom. The number of fused-ring (bicyclic) bond motifs is 1. The van der Waals surface area contributed by atoms with E-state index in [9.17, 15) is 4.79 Å². The molecule has 1 atom stereocenters. The van der Waals surface area contributed by atoms with Crippen LogP contribution in [-0.4, -0.2) is 31.7 Å². The third-order valence-corrected chi connectivity index (χ3v) is 3.31. The summed E-state index contributed by atoms with van der Waals surface area (Å²) in [6, 6.07) is 3.71. The zero-order valence-corrected chi connectivity index (χ0v) is 10.3. The maximum Gasteiger partial charge on any atom is 0.228 e. The van der Waals surface area contributed by atoms with Crippen molar-refractivity contribution in [2.24, 2.45) is 5.73 Å². The van der Waals surface area contributed by atoms with Gasteiger partial charge in [0, 0.05) is 25.1 Å². The molecule has 1 amide bonds. The fourth-order valence-corrected chi connectivity index (χ4v) is 2.44. The highest BCUT2D eigenvalue weighted by Crippen LogP contribution is 2.37. The molecule has 5 nitrogen and oxygen atoms in total. The zero-order valence-electron chi connectivity index (χ0n) is 10.3. The van der Waals surface area contributed by atoms with E-state index in [2.05, 4.69) is 0 Å². The van der Waals surface area contributed by atoms with Crippen LogP contribution in [0.25, 0.3) is 0 Å². The Bertz CT molecular complexity index is 501. The maximum atomic E-state index is 11.9. The fourth-order valence-electron chi connectivity index (χ4n) is 2.44. The van der Waals surface area contributed by atoms with Gasteiger partial charge in [-0.25, -0.2) is 0 Å². The van der Waals surface area contributed by atoms with Crippen LogP contribution in [0.2, 0.25) is 0 Å². The van der Waals surface area contributed by atoms with Crippen LogP contribution < -0.4 is 20.1 Å². The molecule has 1 aromatic rings. The number of carbonyl (C=O) groups is 1. The summed E-state index contributed by atoms with van der Waals surface area (Å²) in [6.45, 7) is 3.65. The molecular weight excluding hydrogens is 232 g/mol. The van der Waals surface area contributed by atoms with Gasteiger partial charge in [-0.1, -0.05) is 0 Å². The zero-order chi connectivity index (χ0) is 12.7. The van der Waals surface area contributed by atoms with E-state index in [-0.39, 0.29) is 11.9 Å². The molecule has 0 aromatic heterocycles. The summed E-state index contributed by atoms with van der Waals surface area (Å²) in [4.78, 5) is 13.6. The van der Waals surface area contributed by atoms with Crippen molar-refractivity contribution in [3.8, 4) is 11.5 Å². The van der Waals surface area contributed by atoms with Crippen LogP contribution >= 0.6 is 0 Å². The lowest BCUT2D eigenvalue weighted by Crippen LogP contribution is -2.28. The van der Waals surface area contributed by atoms with E-state index >= 15 is 0 Å². The van der Waals surface area contributed by atoms with Crippen molar-refractivity contribution in [3.05, 3.63) is 17.7 Å². The molecular formula is C13H16N2O3. The van der Waals surface area contributed by atoms with E-state index in [1.807, 2.05) is 19.1 Å². The quantitative estimate of drug-likeness (QED) is 0.799. The predicted octanol–water partition coefficient (Wildman–Crippen LogP) is 0.830. The highest BCUT2D eigenvalue weighted by atomic mass is 16.6. The molecule has 2 aliphatic rings. The third kappa shape index (κ3) is 1.80. The number of ether oxygens (including phenoxy) is 2. The van der Waals surface area contributed by atoms with E-state index in [1.165, 1.54) is 0 Å². The second-order valence-corrected chi connectivity index (χ2v) is 4.75. The molecule has 0 aliphatic carbocycles. The monoisotopic (exact) mass is 248 g/mol. The van der Waals surface area contributed by atoms with E-state index < -0.39 is 0 Å². The van der Waals surface area contributed by atoms with Crippen molar-refractivity contribution in [1.29, 1.82) is 0 Å². The van der Waals surface area contributed by atoms with Gasteiger partial charge in [0.25, 0.3) is 0 Å². The van der Waals surface area contributed by atoms with Crippen LogP contribution in [0.15, 0.2) is 12.1 Å². The number of aryl methyl sites for hydroxylation is 1. The topological polar surface area (TPSA) is 64.8 Å². The minimum absolute atomic E-state index is 0.0716. The summed E-state index contributed by atoms with van der Waals surface area (Å²) >= 11 is 0. The van der Waals surface area contributed by atoms with Crippen LogP contribution in [0.5, 0.6) is 11.5 Å². The Kier molecular flexibility index (Phi) is 2.63. The van der Waals surface area contributed by atoms with E-state index in [0.717, 1.165) is 17.0 Å². The molecule has 18 heavy (non-hydrogen) atoms. The normalized spacial score (nSPS) is 22.4. The fraction of sp³-hybridized carbons (Fsp3) is 0.462. The number of nitrogens with two attached hydrogens (primary N) is 1. The molecule has 0 spiro atoms. The molecule has 0 radical (unpaired) electrons. The molecule has 1 saturated heterocycles. The van der Waals surface area contributed by atoms with Gasteiger partial charge < -0.3 is 20.1 Å². The van der Waals surface area contributed by atoms with Crippen molar-refractivity contribution in [3.63, 3.8) is 0 Å². The van der Waals surface area contributed by atoms with Crippen LogP contribution in [0.3, 0.4) is 0 Å². The van der Waals surface area contributed by atoms with E-state index in [1.54, 1.807) is 4.90 Å². The Morgan fingerprint density at radius 3 is 2.56 bits per heavy atom. The van der Waals surface area contributed by atoms with Crippen molar-refractivity contribution < 1.29 is 14.3 Å². The number of hydrogen-bond donors (Lipinski definition) is 1. The molecule has 1 aromatic carbocycles. The second kappa shape index (κ2) is 4.17. The standard InChI is InChI=1S/C13H16N2O3/c1-8-4-11-12(18-3-2-17-11)6-10(8)15-7-9(14)5-13(15)16/h4,6,9H,2-3,5,7,14H2,1H3. The second-order valence-electron chi connectivity index (χ2n) is 4.75. The molecule has 96 valence electrons. The maximum absolute atomic E-state index is 11.9. The number of carbonyl (C=O) groups excluding carboxylic acids is 1. The largest absolute Gasteiger partial charge is 0.486 e. The van der Waals surface area contributed by atoms with Gasteiger partial charge in [-0.05, 0) is 18.6 Å². The summed E-state index contributed by atoms with van der Waals surface area (Å²) < 4.78 is 11.1. The molecule has 1 fully saturated rings. The highest BCUT2D eigenvalue weighted by molar-refractivity contribution is 5.97. The molecule has 1 unspecified atom stereocenters. The number of amides is 1. The van der Waals surface area contributed by atoms with Crippen LogP contribution in [0, 0.1) is 6.92 Å². The highest BCUT2D eigenvalue weighted by Gasteiger charge is 2.30. The van der Waals surface area contributed by atoms with Crippen LogP contribution in [-0.2, 0) is 4.79 Å². The Morgan fingerprint density at radius 1 is 1.28 bits per heavy atom. The SMILES string of the molecule is Cc1cc2c(cc1N1CC(N)CC1=O)OCCO2. The average Bonchev–Trinajstić information content (AvgIpc) is 2.67. The number of rotatable bonds is 1. The number of anilines is 1. The predicted molar refractivity (Wildman–Crippen MR) is 67.1 cm³/mol. The molecule has 5 heteroatoms. The first-order chi connectivity index (χ1) is 8.65. The summed E-state index contributed by atoms with van der Waals surface area (Å²) in [6.07, 6.45) is 0.411. The van der Waals surface area contributed by atoms with Crippen molar-refractivity contribution in [2.75, 3.05) is 24.7 Å². The molecule has 0 bridgehead atoms. The molecule has 2 N–H and O–H groups in total. The van der Waals surface area contributed by atoms with E-state index in [4.69, 9.17) is 15.2 Å². The summed E-state index contributed by atoms with van der Waals surface area (Å²) in [5.41, 5.74) is 7.70. The molecule has 2 aliphatic heterocycles. The minimum atomic E-state index is -0.0786. The lowest BCUT2D eigenvalue weighted by molar-refractivity contribution is -0.117. The first-order valence-electron chi connectivity index (χ1n) is 6.11. The Hall–Kier alpha value is -1.75. The minimum Gasteiger partial charge on any atom is -0.486 e. The molecule has 3 rings (SSSR count). The number of hydrogen-bond acceptors (Lipinski definition) is 4. The first-order valence-corrected chi connectivity index (χ1v) is 6.11. The summed E-state index contributed by atoms with van der Waals surface area (Å²) in [5, 5.41) is 0. The molecule has 2 heterocycles. The van der Waals surface area contributed by atoms with Gasteiger partial charge in [0.1, 0.15) is 13.2 Å². The van der Waals surface area contributed by atoms with Gasteiger partial charge in [-0.3, -0.25) is 4.79 Å². The Balaban J connectivity index is 1.99. The van der Waals surface area contributed by atoms with Gasteiger partial charge in [0.15, 0.2) is 11.5 Å². The first kappa shape index (κ1) is 11.3. The average molecular weight is 248 g/mol. The Labute approximate surface area is 105 Å². The van der Waals surface area contributed by atoms with E-state index in [0.29, 0.717) is 31.9 Å². The number of benzene rings is 1. The third-order valence-electron chi connectivity index (χ3n) is 3.31. The van der Waals surface area contributed by atoms with Gasteiger partial charge >= 0.3 is 0 Å². The van der Waals surface area contributed by atoms with Gasteiger partial charge in [0.05, 0.1) is 5.69 Å². The van der Waals surface area contributed by atoms with Gasteiger partial charge in [0.2, 0.25) is 5.91 Å². The van der Waals surface area contributed by atoms with Crippen LogP contribution in [0.4, 0.5) is 5.69 Å². The smallest absolute Gasteiger partial charge is 0.228 e. The lowest BCUT2D eigenvalue weighted by Gasteiger charge is -2.24. The molecule has 0 saturated carbocycles. The van der Waals surface area contributed by atoms with Crippen molar-refractivity contribution in [1.82, 2.24) is 0 Å². The van der Waals surface area contributed by atoms with Gasteiger partial charge in [-0.15, -0.1) is 0 Å². The lowest BCUT2D eigenvalue weighted by atomic mass is 10.1.